The third kappa shape index (κ3) is 3.70. The van der Waals surface area contributed by atoms with Crippen LogP contribution in [-0.4, -0.2) is 23.7 Å². The summed E-state index contributed by atoms with van der Waals surface area (Å²) in [5, 5.41) is 8.57. The molecule has 0 aliphatic carbocycles. The van der Waals surface area contributed by atoms with Gasteiger partial charge in [0.1, 0.15) is 0 Å². The van der Waals surface area contributed by atoms with Crippen molar-refractivity contribution in [3.05, 3.63) is 65.3 Å². The van der Waals surface area contributed by atoms with E-state index in [0.717, 1.165) is 16.5 Å². The lowest BCUT2D eigenvalue weighted by molar-refractivity contribution is -0.119. The van der Waals surface area contributed by atoms with E-state index in [1.165, 1.54) is 0 Å². The molecule has 1 heterocycles. The third-order valence-corrected chi connectivity index (χ3v) is 3.66. The van der Waals surface area contributed by atoms with Crippen LogP contribution in [0.15, 0.2) is 59.8 Å². The molecule has 0 aliphatic rings. The molecule has 3 N–H and O–H groups in total. The first-order valence-corrected chi connectivity index (χ1v) is 7.48. The number of amides is 1. The molecule has 0 bridgehead atoms. The van der Waals surface area contributed by atoms with Crippen LogP contribution in [0.1, 0.15) is 5.56 Å². The van der Waals surface area contributed by atoms with E-state index in [4.69, 9.17) is 11.6 Å². The number of carbonyl (C=O) groups excluding carboxylic acids is 1. The van der Waals surface area contributed by atoms with Crippen LogP contribution in [-0.2, 0) is 4.79 Å². The van der Waals surface area contributed by atoms with Crippen molar-refractivity contribution in [3.63, 3.8) is 0 Å². The Morgan fingerprint density at radius 1 is 1.17 bits per heavy atom. The highest BCUT2D eigenvalue weighted by atomic mass is 35.5. The van der Waals surface area contributed by atoms with E-state index in [9.17, 15) is 4.79 Å². The van der Waals surface area contributed by atoms with E-state index >= 15 is 0 Å². The molecule has 0 aliphatic heterocycles. The van der Waals surface area contributed by atoms with Crippen molar-refractivity contribution in [1.82, 2.24) is 10.4 Å². The number of benzene rings is 2. The number of H-pyrrole nitrogens is 1. The molecule has 0 atom stereocenters. The van der Waals surface area contributed by atoms with E-state index in [2.05, 4.69) is 20.8 Å². The maximum absolute atomic E-state index is 11.8. The first kappa shape index (κ1) is 15.1. The average Bonchev–Trinajstić information content (AvgIpc) is 2.98. The zero-order valence-corrected chi connectivity index (χ0v) is 13.0. The fraction of sp³-hybridized carbons (Fsp3) is 0.0588. The second-order valence-corrected chi connectivity index (χ2v) is 5.32. The van der Waals surface area contributed by atoms with E-state index in [1.807, 2.05) is 48.7 Å². The Morgan fingerprint density at radius 2 is 1.96 bits per heavy atom. The largest absolute Gasteiger partial charge is 0.375 e. The second kappa shape index (κ2) is 6.98. The van der Waals surface area contributed by atoms with Crippen LogP contribution in [0.5, 0.6) is 0 Å². The normalized spacial score (nSPS) is 11.0. The summed E-state index contributed by atoms with van der Waals surface area (Å²) in [6.45, 7) is 0.0922. The summed E-state index contributed by atoms with van der Waals surface area (Å²) in [5.74, 6) is -0.249. The van der Waals surface area contributed by atoms with E-state index in [-0.39, 0.29) is 12.5 Å². The van der Waals surface area contributed by atoms with Crippen LogP contribution >= 0.6 is 11.6 Å². The van der Waals surface area contributed by atoms with Crippen LogP contribution < -0.4 is 10.7 Å². The molecule has 0 spiro atoms. The molecule has 0 saturated heterocycles. The first-order chi connectivity index (χ1) is 11.2. The van der Waals surface area contributed by atoms with Gasteiger partial charge in [-0.3, -0.25) is 4.79 Å². The van der Waals surface area contributed by atoms with Crippen molar-refractivity contribution in [2.24, 2.45) is 5.10 Å². The summed E-state index contributed by atoms with van der Waals surface area (Å²) in [4.78, 5) is 14.9. The molecule has 1 aromatic heterocycles. The molecule has 0 fully saturated rings. The minimum atomic E-state index is -0.249. The third-order valence-electron chi connectivity index (χ3n) is 3.33. The SMILES string of the molecule is O=C(CNc1ccccc1Cl)NN=Cc1c[nH]c2ccccc12. The predicted octanol–water partition coefficient (Wildman–Crippen LogP) is 3.38. The van der Waals surface area contributed by atoms with Crippen molar-refractivity contribution in [1.29, 1.82) is 0 Å². The first-order valence-electron chi connectivity index (χ1n) is 7.10. The molecule has 1 amide bonds. The number of carbonyl (C=O) groups is 1. The number of rotatable bonds is 5. The Kier molecular flexibility index (Phi) is 4.59. The number of fused-ring (bicyclic) bond motifs is 1. The van der Waals surface area contributed by atoms with Gasteiger partial charge in [0.25, 0.3) is 5.91 Å². The van der Waals surface area contributed by atoms with Crippen molar-refractivity contribution >= 4 is 40.3 Å². The monoisotopic (exact) mass is 326 g/mol. The predicted molar refractivity (Wildman–Crippen MR) is 94.0 cm³/mol. The standard InChI is InChI=1S/C17H15ClN4O/c18-14-6-2-4-8-16(14)20-11-17(23)22-21-10-12-9-19-15-7-3-1-5-13(12)15/h1-10,19-20H,11H2,(H,22,23). The highest BCUT2D eigenvalue weighted by Gasteiger charge is 2.03. The van der Waals surface area contributed by atoms with Gasteiger partial charge in [0.05, 0.1) is 23.5 Å². The summed E-state index contributed by atoms with van der Waals surface area (Å²) in [6.07, 6.45) is 3.47. The number of hydrogen-bond donors (Lipinski definition) is 3. The fourth-order valence-corrected chi connectivity index (χ4v) is 2.40. The van der Waals surface area contributed by atoms with Crippen LogP contribution in [0.4, 0.5) is 5.69 Å². The maximum atomic E-state index is 11.8. The average molecular weight is 327 g/mol. The number of anilines is 1. The van der Waals surface area contributed by atoms with Gasteiger partial charge in [0.15, 0.2) is 0 Å². The summed E-state index contributed by atoms with van der Waals surface area (Å²) in [5.41, 5.74) is 5.14. The molecule has 0 unspecified atom stereocenters. The molecule has 0 radical (unpaired) electrons. The lowest BCUT2D eigenvalue weighted by atomic mass is 10.2. The molecule has 2 aromatic carbocycles. The van der Waals surface area contributed by atoms with Crippen LogP contribution in [0.2, 0.25) is 5.02 Å². The van der Waals surface area contributed by atoms with Crippen molar-refractivity contribution in [2.75, 3.05) is 11.9 Å². The summed E-state index contributed by atoms with van der Waals surface area (Å²) in [6, 6.07) is 15.1. The number of hydrogen-bond acceptors (Lipinski definition) is 3. The minimum Gasteiger partial charge on any atom is -0.375 e. The zero-order chi connectivity index (χ0) is 16.1. The molecule has 0 saturated carbocycles. The summed E-state index contributed by atoms with van der Waals surface area (Å²) >= 11 is 6.01. The smallest absolute Gasteiger partial charge is 0.259 e. The minimum absolute atomic E-state index is 0.0922. The maximum Gasteiger partial charge on any atom is 0.259 e. The molecule has 3 aromatic rings. The molecule has 116 valence electrons. The molecular weight excluding hydrogens is 312 g/mol. The van der Waals surface area contributed by atoms with Gasteiger partial charge in [-0.15, -0.1) is 0 Å². The number of aromatic nitrogens is 1. The van der Waals surface area contributed by atoms with Gasteiger partial charge in [-0.2, -0.15) is 5.10 Å². The lowest BCUT2D eigenvalue weighted by Gasteiger charge is -2.06. The quantitative estimate of drug-likeness (QED) is 0.497. The van der Waals surface area contributed by atoms with Gasteiger partial charge < -0.3 is 10.3 Å². The zero-order valence-electron chi connectivity index (χ0n) is 12.2. The molecular formula is C17H15ClN4O. The van der Waals surface area contributed by atoms with Crippen LogP contribution in [0, 0.1) is 0 Å². The number of hydrazone groups is 1. The van der Waals surface area contributed by atoms with Gasteiger partial charge >= 0.3 is 0 Å². The van der Waals surface area contributed by atoms with Gasteiger partial charge in [-0.1, -0.05) is 41.9 Å². The number of halogens is 1. The molecule has 23 heavy (non-hydrogen) atoms. The Balaban J connectivity index is 1.55. The number of para-hydroxylation sites is 2. The topological polar surface area (TPSA) is 69.3 Å². The van der Waals surface area contributed by atoms with Gasteiger partial charge in [0.2, 0.25) is 0 Å². The Bertz CT molecular complexity index is 856. The highest BCUT2D eigenvalue weighted by Crippen LogP contribution is 2.19. The Labute approximate surface area is 138 Å². The van der Waals surface area contributed by atoms with Crippen molar-refractivity contribution in [2.45, 2.75) is 0 Å². The highest BCUT2D eigenvalue weighted by molar-refractivity contribution is 6.33. The summed E-state index contributed by atoms with van der Waals surface area (Å²) in [7, 11) is 0. The molecule has 3 rings (SSSR count). The second-order valence-electron chi connectivity index (χ2n) is 4.92. The fourth-order valence-electron chi connectivity index (χ4n) is 2.19. The van der Waals surface area contributed by atoms with E-state index in [0.29, 0.717) is 10.7 Å². The van der Waals surface area contributed by atoms with Gasteiger partial charge in [-0.05, 0) is 18.2 Å². The Morgan fingerprint density at radius 3 is 2.83 bits per heavy atom. The van der Waals surface area contributed by atoms with Gasteiger partial charge in [0, 0.05) is 22.7 Å². The van der Waals surface area contributed by atoms with E-state index in [1.54, 1.807) is 12.3 Å². The number of aromatic amines is 1. The van der Waals surface area contributed by atoms with E-state index < -0.39 is 0 Å². The van der Waals surface area contributed by atoms with Gasteiger partial charge in [-0.25, -0.2) is 5.43 Å². The van der Waals surface area contributed by atoms with Crippen LogP contribution in [0.3, 0.4) is 0 Å². The van der Waals surface area contributed by atoms with Crippen molar-refractivity contribution < 1.29 is 4.79 Å². The lowest BCUT2D eigenvalue weighted by Crippen LogP contribution is -2.25. The summed E-state index contributed by atoms with van der Waals surface area (Å²) < 4.78 is 0. The Hall–Kier alpha value is -2.79. The van der Waals surface area contributed by atoms with Crippen LogP contribution in [0.25, 0.3) is 10.9 Å². The van der Waals surface area contributed by atoms with Crippen molar-refractivity contribution in [3.8, 4) is 0 Å². The molecule has 5 nitrogen and oxygen atoms in total. The molecule has 6 heteroatoms. The number of nitrogens with one attached hydrogen (secondary N) is 3. The number of nitrogens with zero attached hydrogens (tertiary/aromatic N) is 1.